The van der Waals surface area contributed by atoms with Gasteiger partial charge >= 0.3 is 11.9 Å². The van der Waals surface area contributed by atoms with E-state index in [1.165, 1.54) is 12.5 Å². The van der Waals surface area contributed by atoms with Crippen molar-refractivity contribution in [1.29, 1.82) is 0 Å². The highest BCUT2D eigenvalue weighted by Crippen LogP contribution is 2.00. The molecule has 1 aromatic heterocycles. The number of hydrogen-bond acceptors (Lipinski definition) is 7. The van der Waals surface area contributed by atoms with Crippen LogP contribution in [0.1, 0.15) is 18.5 Å². The van der Waals surface area contributed by atoms with E-state index in [-0.39, 0.29) is 19.4 Å². The lowest BCUT2D eigenvalue weighted by atomic mass is 10.1. The smallest absolute Gasteiger partial charge is 0.326 e. The molecule has 0 aliphatic carbocycles. The molecule has 28 heavy (non-hydrogen) atoms. The van der Waals surface area contributed by atoms with E-state index in [9.17, 15) is 24.0 Å². The first-order chi connectivity index (χ1) is 13.2. The van der Waals surface area contributed by atoms with Crippen molar-refractivity contribution >= 4 is 29.7 Å². The predicted octanol–water partition coefficient (Wildman–Crippen LogP) is -3.05. The van der Waals surface area contributed by atoms with Gasteiger partial charge in [-0.05, 0) is 6.42 Å². The summed E-state index contributed by atoms with van der Waals surface area (Å²) in [6.45, 7) is -0.898. The highest BCUT2D eigenvalue weighted by atomic mass is 16.4. The number of imidazole rings is 1. The van der Waals surface area contributed by atoms with Crippen LogP contribution in [0.3, 0.4) is 0 Å². The Balaban J connectivity index is 2.60. The number of nitrogens with one attached hydrogen (secondary N) is 4. The fourth-order valence-corrected chi connectivity index (χ4v) is 2.14. The molecule has 13 nitrogen and oxygen atoms in total. The molecule has 1 rings (SSSR count). The summed E-state index contributed by atoms with van der Waals surface area (Å²) in [5.41, 5.74) is 5.78. The zero-order valence-corrected chi connectivity index (χ0v) is 14.8. The van der Waals surface area contributed by atoms with E-state index in [2.05, 4.69) is 25.9 Å². The van der Waals surface area contributed by atoms with Gasteiger partial charge in [0, 0.05) is 24.7 Å². The van der Waals surface area contributed by atoms with Crippen LogP contribution in [0.4, 0.5) is 0 Å². The average molecular weight is 398 g/mol. The summed E-state index contributed by atoms with van der Waals surface area (Å²) in [6, 6.07) is -2.44. The molecule has 0 saturated heterocycles. The van der Waals surface area contributed by atoms with Gasteiger partial charge in [0.1, 0.15) is 12.1 Å². The Kier molecular flexibility index (Phi) is 9.09. The van der Waals surface area contributed by atoms with Crippen LogP contribution in [0, 0.1) is 0 Å². The molecule has 0 aliphatic heterocycles. The number of aliphatic carboxylic acids is 2. The highest BCUT2D eigenvalue weighted by molar-refractivity contribution is 5.92. The molecule has 2 unspecified atom stereocenters. The Labute approximate surface area is 159 Å². The van der Waals surface area contributed by atoms with Gasteiger partial charge in [-0.25, -0.2) is 9.78 Å². The highest BCUT2D eigenvalue weighted by Gasteiger charge is 2.24. The molecule has 0 spiro atoms. The summed E-state index contributed by atoms with van der Waals surface area (Å²) in [7, 11) is 0. The average Bonchev–Trinajstić information content (AvgIpc) is 3.15. The molecule has 0 aliphatic rings. The Morgan fingerprint density at radius 3 is 2.32 bits per heavy atom. The zero-order valence-electron chi connectivity index (χ0n) is 14.8. The molecule has 0 fully saturated rings. The van der Waals surface area contributed by atoms with E-state index >= 15 is 0 Å². The standard InChI is InChI=1S/C15H22N6O7/c16-4-11(22)21-10(3-8-5-17-7-19-8)14(26)18-6-12(23)20-9(15(27)28)1-2-13(24)25/h5,7,9-10H,1-4,6,16H2,(H,17,19)(H,18,26)(H,20,23)(H,21,22)(H,24,25)(H,27,28). The van der Waals surface area contributed by atoms with E-state index in [0.717, 1.165) is 0 Å². The van der Waals surface area contributed by atoms with Gasteiger partial charge in [-0.15, -0.1) is 0 Å². The van der Waals surface area contributed by atoms with Gasteiger partial charge in [0.25, 0.3) is 0 Å². The number of aromatic nitrogens is 2. The summed E-state index contributed by atoms with van der Waals surface area (Å²) in [5, 5.41) is 24.4. The molecular formula is C15H22N6O7. The number of carboxylic acid groups (broad SMARTS) is 2. The number of nitrogens with two attached hydrogens (primary N) is 1. The quantitative estimate of drug-likeness (QED) is 0.190. The molecular weight excluding hydrogens is 376 g/mol. The lowest BCUT2D eigenvalue weighted by Crippen LogP contribution is -2.52. The van der Waals surface area contributed by atoms with Gasteiger partial charge in [-0.1, -0.05) is 0 Å². The fourth-order valence-electron chi connectivity index (χ4n) is 2.14. The lowest BCUT2D eigenvalue weighted by molar-refractivity contribution is -0.143. The van der Waals surface area contributed by atoms with Crippen molar-refractivity contribution in [3.8, 4) is 0 Å². The van der Waals surface area contributed by atoms with E-state index in [1.54, 1.807) is 0 Å². The molecule has 154 valence electrons. The van der Waals surface area contributed by atoms with Crippen LogP contribution in [0.5, 0.6) is 0 Å². The number of carbonyl (C=O) groups is 5. The summed E-state index contributed by atoms with van der Waals surface area (Å²) >= 11 is 0. The minimum Gasteiger partial charge on any atom is -0.481 e. The van der Waals surface area contributed by atoms with Gasteiger partial charge < -0.3 is 36.9 Å². The summed E-state index contributed by atoms with van der Waals surface area (Å²) in [5.74, 6) is -4.69. The topological polar surface area (TPSA) is 217 Å². The van der Waals surface area contributed by atoms with Crippen molar-refractivity contribution in [3.63, 3.8) is 0 Å². The molecule has 1 heterocycles. The van der Waals surface area contributed by atoms with Gasteiger partial charge in [0.2, 0.25) is 17.7 Å². The van der Waals surface area contributed by atoms with Crippen molar-refractivity contribution in [1.82, 2.24) is 25.9 Å². The van der Waals surface area contributed by atoms with Crippen molar-refractivity contribution in [3.05, 3.63) is 18.2 Å². The monoisotopic (exact) mass is 398 g/mol. The first-order valence-corrected chi connectivity index (χ1v) is 8.21. The van der Waals surface area contributed by atoms with Crippen LogP contribution in [0.2, 0.25) is 0 Å². The van der Waals surface area contributed by atoms with Crippen molar-refractivity contribution < 1.29 is 34.2 Å². The molecule has 3 amide bonds. The van der Waals surface area contributed by atoms with Crippen LogP contribution in [0.15, 0.2) is 12.5 Å². The number of rotatable bonds is 12. The number of amides is 3. The first kappa shape index (κ1) is 22.6. The third-order valence-corrected chi connectivity index (χ3v) is 3.52. The molecule has 0 aromatic carbocycles. The SMILES string of the molecule is NCC(=O)NC(Cc1cnc[nH]1)C(=O)NCC(=O)NC(CCC(=O)O)C(=O)O. The molecule has 2 atom stereocenters. The van der Waals surface area contributed by atoms with Crippen LogP contribution in [-0.4, -0.2) is 75.0 Å². The van der Waals surface area contributed by atoms with Gasteiger partial charge in [-0.2, -0.15) is 0 Å². The maximum Gasteiger partial charge on any atom is 0.326 e. The van der Waals surface area contributed by atoms with Crippen LogP contribution < -0.4 is 21.7 Å². The van der Waals surface area contributed by atoms with Crippen molar-refractivity contribution in [2.75, 3.05) is 13.1 Å². The summed E-state index contributed by atoms with van der Waals surface area (Å²) in [6.07, 6.45) is 2.17. The number of hydrogen-bond donors (Lipinski definition) is 7. The number of carboxylic acids is 2. The van der Waals surface area contributed by atoms with Crippen LogP contribution >= 0.6 is 0 Å². The van der Waals surface area contributed by atoms with Gasteiger partial charge in [-0.3, -0.25) is 19.2 Å². The Morgan fingerprint density at radius 1 is 1.11 bits per heavy atom. The zero-order chi connectivity index (χ0) is 21.1. The summed E-state index contributed by atoms with van der Waals surface area (Å²) in [4.78, 5) is 63.8. The normalized spacial score (nSPS) is 12.5. The largest absolute Gasteiger partial charge is 0.481 e. The molecule has 13 heteroatoms. The number of nitrogens with zero attached hydrogens (tertiary/aromatic N) is 1. The fraction of sp³-hybridized carbons (Fsp3) is 0.467. The minimum atomic E-state index is -1.40. The van der Waals surface area contributed by atoms with Gasteiger partial charge in [0.05, 0.1) is 19.4 Å². The molecule has 8 N–H and O–H groups in total. The maximum absolute atomic E-state index is 12.3. The van der Waals surface area contributed by atoms with E-state index < -0.39 is 54.7 Å². The Morgan fingerprint density at radius 2 is 1.79 bits per heavy atom. The number of H-pyrrole nitrogens is 1. The van der Waals surface area contributed by atoms with Gasteiger partial charge in [0.15, 0.2) is 0 Å². The second-order valence-corrected chi connectivity index (χ2v) is 5.71. The predicted molar refractivity (Wildman–Crippen MR) is 92.7 cm³/mol. The second-order valence-electron chi connectivity index (χ2n) is 5.71. The maximum atomic E-state index is 12.3. The molecule has 1 aromatic rings. The summed E-state index contributed by atoms with van der Waals surface area (Å²) < 4.78 is 0. The molecule has 0 radical (unpaired) electrons. The molecule has 0 saturated carbocycles. The molecule has 0 bridgehead atoms. The second kappa shape index (κ2) is 11.3. The first-order valence-electron chi connectivity index (χ1n) is 8.21. The minimum absolute atomic E-state index is 0.0650. The van der Waals surface area contributed by atoms with Crippen LogP contribution in [-0.2, 0) is 30.4 Å². The van der Waals surface area contributed by atoms with E-state index in [1.807, 2.05) is 0 Å². The lowest BCUT2D eigenvalue weighted by Gasteiger charge is -2.18. The third-order valence-electron chi connectivity index (χ3n) is 3.52. The van der Waals surface area contributed by atoms with E-state index in [4.69, 9.17) is 15.9 Å². The number of aromatic amines is 1. The third kappa shape index (κ3) is 8.27. The van der Waals surface area contributed by atoms with Crippen LogP contribution in [0.25, 0.3) is 0 Å². The van der Waals surface area contributed by atoms with E-state index in [0.29, 0.717) is 5.69 Å². The Hall–Kier alpha value is -3.48. The van der Waals surface area contributed by atoms with Crippen molar-refractivity contribution in [2.45, 2.75) is 31.3 Å². The Bertz CT molecular complexity index is 706. The number of carbonyl (C=O) groups excluding carboxylic acids is 3. The van der Waals surface area contributed by atoms with Crippen molar-refractivity contribution in [2.24, 2.45) is 5.73 Å².